The van der Waals surface area contributed by atoms with Crippen LogP contribution in [-0.4, -0.2) is 24.0 Å². The van der Waals surface area contributed by atoms with Crippen LogP contribution in [0.2, 0.25) is 0 Å². The van der Waals surface area contributed by atoms with Crippen LogP contribution in [0.4, 0.5) is 0 Å². The molecule has 0 unspecified atom stereocenters. The Labute approximate surface area is 116 Å². The van der Waals surface area contributed by atoms with Gasteiger partial charge in [-0.3, -0.25) is 4.90 Å². The third-order valence-corrected chi connectivity index (χ3v) is 4.45. The van der Waals surface area contributed by atoms with E-state index in [9.17, 15) is 0 Å². The second-order valence-corrected chi connectivity index (χ2v) is 6.96. The Hall–Kier alpha value is -0.800. The molecule has 1 aliphatic carbocycles. The van der Waals surface area contributed by atoms with Gasteiger partial charge >= 0.3 is 0 Å². The van der Waals surface area contributed by atoms with E-state index in [1.165, 1.54) is 38.8 Å². The summed E-state index contributed by atoms with van der Waals surface area (Å²) in [6.07, 6.45) is 5.25. The summed E-state index contributed by atoms with van der Waals surface area (Å²) in [5.74, 6) is 2.20. The Morgan fingerprint density at radius 2 is 1.89 bits per heavy atom. The van der Waals surface area contributed by atoms with Gasteiger partial charge in [-0.05, 0) is 56.3 Å². The molecule has 106 valence electrons. The minimum atomic E-state index is 0.527. The average molecular weight is 262 g/mol. The van der Waals surface area contributed by atoms with E-state index >= 15 is 0 Å². The molecule has 2 heterocycles. The molecule has 0 aromatic carbocycles. The third-order valence-electron chi connectivity index (χ3n) is 4.45. The van der Waals surface area contributed by atoms with Gasteiger partial charge in [-0.2, -0.15) is 0 Å². The van der Waals surface area contributed by atoms with Crippen LogP contribution in [0.1, 0.15) is 51.1 Å². The molecular weight excluding hydrogens is 236 g/mol. The van der Waals surface area contributed by atoms with Crippen LogP contribution in [0.3, 0.4) is 0 Å². The van der Waals surface area contributed by atoms with Gasteiger partial charge in [0, 0.05) is 6.04 Å². The van der Waals surface area contributed by atoms with Crippen molar-refractivity contribution in [1.82, 2.24) is 10.2 Å². The zero-order valence-corrected chi connectivity index (χ0v) is 12.2. The molecule has 1 N–H and O–H groups in total. The maximum atomic E-state index is 5.91. The molecular formula is C16H26N2O. The highest BCUT2D eigenvalue weighted by atomic mass is 16.3. The summed E-state index contributed by atoms with van der Waals surface area (Å²) in [5, 5.41) is 3.49. The smallest absolute Gasteiger partial charge is 0.118 e. The molecule has 3 rings (SSSR count). The molecule has 1 aliphatic heterocycles. The summed E-state index contributed by atoms with van der Waals surface area (Å²) in [7, 11) is 0. The van der Waals surface area contributed by atoms with Gasteiger partial charge in [0.15, 0.2) is 0 Å². The lowest BCUT2D eigenvalue weighted by molar-refractivity contribution is 0.119. The minimum absolute atomic E-state index is 0.527. The fourth-order valence-electron chi connectivity index (χ4n) is 2.67. The van der Waals surface area contributed by atoms with Crippen LogP contribution in [0.25, 0.3) is 0 Å². The second kappa shape index (κ2) is 5.29. The van der Waals surface area contributed by atoms with Crippen molar-refractivity contribution in [3.05, 3.63) is 23.7 Å². The van der Waals surface area contributed by atoms with Crippen molar-refractivity contribution < 1.29 is 4.42 Å². The second-order valence-electron chi connectivity index (χ2n) is 6.96. The quantitative estimate of drug-likeness (QED) is 0.883. The van der Waals surface area contributed by atoms with Crippen molar-refractivity contribution in [2.24, 2.45) is 5.41 Å². The maximum absolute atomic E-state index is 5.91. The summed E-state index contributed by atoms with van der Waals surface area (Å²) < 4.78 is 5.91. The number of rotatable bonds is 5. The molecule has 0 radical (unpaired) electrons. The van der Waals surface area contributed by atoms with Crippen molar-refractivity contribution in [3.63, 3.8) is 0 Å². The Morgan fingerprint density at radius 3 is 2.58 bits per heavy atom. The lowest BCUT2D eigenvalue weighted by atomic mass is 9.83. The van der Waals surface area contributed by atoms with Crippen LogP contribution >= 0.6 is 0 Å². The van der Waals surface area contributed by atoms with E-state index in [0.29, 0.717) is 5.41 Å². The Morgan fingerprint density at radius 1 is 1.21 bits per heavy atom. The van der Waals surface area contributed by atoms with E-state index < -0.39 is 0 Å². The maximum Gasteiger partial charge on any atom is 0.118 e. The number of likely N-dealkylation sites (tertiary alicyclic amines) is 1. The lowest BCUT2D eigenvalue weighted by Crippen LogP contribution is -2.36. The number of nitrogens with zero attached hydrogens (tertiary/aromatic N) is 1. The van der Waals surface area contributed by atoms with Gasteiger partial charge in [-0.1, -0.05) is 13.8 Å². The van der Waals surface area contributed by atoms with Crippen LogP contribution in [-0.2, 0) is 13.1 Å². The number of nitrogens with one attached hydrogen (secondary N) is 1. The van der Waals surface area contributed by atoms with Gasteiger partial charge in [0.1, 0.15) is 11.5 Å². The molecule has 0 amide bonds. The van der Waals surface area contributed by atoms with Crippen molar-refractivity contribution in [3.8, 4) is 0 Å². The standard InChI is InChI=1S/C16H26N2O/c1-16(2)7-9-18(10-8-16)12-15-6-5-14(19-15)11-17-13-3-4-13/h5-6,13,17H,3-4,7-12H2,1-2H3. The molecule has 0 atom stereocenters. The molecule has 3 nitrogen and oxygen atoms in total. The van der Waals surface area contributed by atoms with Crippen molar-refractivity contribution >= 4 is 0 Å². The van der Waals surface area contributed by atoms with Gasteiger partial charge < -0.3 is 9.73 Å². The Balaban J connectivity index is 1.47. The molecule has 0 spiro atoms. The van der Waals surface area contributed by atoms with Gasteiger partial charge in [-0.25, -0.2) is 0 Å². The predicted octanol–water partition coefficient (Wildman–Crippen LogP) is 3.15. The van der Waals surface area contributed by atoms with Gasteiger partial charge in [0.2, 0.25) is 0 Å². The van der Waals surface area contributed by atoms with Crippen LogP contribution in [0, 0.1) is 5.41 Å². The lowest BCUT2D eigenvalue weighted by Gasteiger charge is -2.36. The highest BCUT2D eigenvalue weighted by Crippen LogP contribution is 2.30. The molecule has 2 fully saturated rings. The fourth-order valence-corrected chi connectivity index (χ4v) is 2.67. The predicted molar refractivity (Wildman–Crippen MR) is 76.9 cm³/mol. The van der Waals surface area contributed by atoms with Gasteiger partial charge in [-0.15, -0.1) is 0 Å². The van der Waals surface area contributed by atoms with Crippen LogP contribution < -0.4 is 5.32 Å². The minimum Gasteiger partial charge on any atom is -0.463 e. The van der Waals surface area contributed by atoms with Crippen molar-refractivity contribution in [2.75, 3.05) is 13.1 Å². The molecule has 3 heteroatoms. The van der Waals surface area contributed by atoms with E-state index in [1.807, 2.05) is 0 Å². The SMILES string of the molecule is CC1(C)CCN(Cc2ccc(CNC3CC3)o2)CC1. The summed E-state index contributed by atoms with van der Waals surface area (Å²) in [6, 6.07) is 5.01. The largest absolute Gasteiger partial charge is 0.463 e. The Kier molecular flexibility index (Phi) is 3.68. The summed E-state index contributed by atoms with van der Waals surface area (Å²) >= 11 is 0. The van der Waals surface area contributed by atoms with E-state index in [-0.39, 0.29) is 0 Å². The number of hydrogen-bond donors (Lipinski definition) is 1. The Bertz CT molecular complexity index is 410. The summed E-state index contributed by atoms with van der Waals surface area (Å²) in [5.41, 5.74) is 0.527. The van der Waals surface area contributed by atoms with Crippen molar-refractivity contribution in [1.29, 1.82) is 0 Å². The number of piperidine rings is 1. The van der Waals surface area contributed by atoms with E-state index in [4.69, 9.17) is 4.42 Å². The van der Waals surface area contributed by atoms with E-state index in [2.05, 4.69) is 36.2 Å². The highest BCUT2D eigenvalue weighted by Gasteiger charge is 2.25. The first-order chi connectivity index (χ1) is 9.11. The molecule has 1 aromatic heterocycles. The first-order valence-corrected chi connectivity index (χ1v) is 7.64. The normalized spacial score (nSPS) is 23.7. The fraction of sp³-hybridized carbons (Fsp3) is 0.750. The molecule has 1 aromatic rings. The topological polar surface area (TPSA) is 28.4 Å². The zero-order chi connectivity index (χ0) is 13.3. The summed E-state index contributed by atoms with van der Waals surface area (Å²) in [4.78, 5) is 2.52. The van der Waals surface area contributed by atoms with Gasteiger partial charge in [0.05, 0.1) is 13.1 Å². The number of hydrogen-bond acceptors (Lipinski definition) is 3. The molecule has 19 heavy (non-hydrogen) atoms. The van der Waals surface area contributed by atoms with E-state index in [0.717, 1.165) is 30.7 Å². The van der Waals surface area contributed by atoms with Crippen molar-refractivity contribution in [2.45, 2.75) is 58.7 Å². The van der Waals surface area contributed by atoms with Gasteiger partial charge in [0.25, 0.3) is 0 Å². The zero-order valence-electron chi connectivity index (χ0n) is 12.2. The first-order valence-electron chi connectivity index (χ1n) is 7.64. The first kappa shape index (κ1) is 13.2. The monoisotopic (exact) mass is 262 g/mol. The third kappa shape index (κ3) is 3.83. The number of furan rings is 1. The molecule has 0 bridgehead atoms. The van der Waals surface area contributed by atoms with Crippen LogP contribution in [0.5, 0.6) is 0 Å². The average Bonchev–Trinajstić information content (AvgIpc) is 3.10. The molecule has 1 saturated heterocycles. The van der Waals surface area contributed by atoms with Crippen LogP contribution in [0.15, 0.2) is 16.5 Å². The summed E-state index contributed by atoms with van der Waals surface area (Å²) in [6.45, 7) is 9.00. The molecule has 1 saturated carbocycles. The van der Waals surface area contributed by atoms with E-state index in [1.54, 1.807) is 0 Å². The molecule has 2 aliphatic rings. The highest BCUT2D eigenvalue weighted by molar-refractivity contribution is 5.07.